The van der Waals surface area contributed by atoms with Crippen molar-refractivity contribution in [3.63, 3.8) is 0 Å². The van der Waals surface area contributed by atoms with Crippen LogP contribution in [0.5, 0.6) is 0 Å². The second-order valence-corrected chi connectivity index (χ2v) is 5.90. The van der Waals surface area contributed by atoms with Crippen LogP contribution in [0.25, 0.3) is 0 Å². The van der Waals surface area contributed by atoms with Crippen molar-refractivity contribution in [1.29, 1.82) is 0 Å². The predicted molar refractivity (Wildman–Crippen MR) is 68.6 cm³/mol. The Morgan fingerprint density at radius 2 is 2.06 bits per heavy atom. The molecule has 1 amide bonds. The van der Waals surface area contributed by atoms with E-state index < -0.39 is 10.0 Å². The Bertz CT molecular complexity index is 610. The molecule has 98 valence electrons. The van der Waals surface area contributed by atoms with Gasteiger partial charge in [-0.05, 0) is 30.5 Å². The fourth-order valence-electron chi connectivity index (χ4n) is 2.23. The summed E-state index contributed by atoms with van der Waals surface area (Å²) in [5, 5.41) is 5.09. The minimum Gasteiger partial charge on any atom is -0.397 e. The van der Waals surface area contributed by atoms with E-state index in [0.717, 1.165) is 12.0 Å². The number of nitrogens with two attached hydrogens (primary N) is 2. The van der Waals surface area contributed by atoms with Crippen molar-refractivity contribution in [3.05, 3.63) is 17.7 Å². The van der Waals surface area contributed by atoms with Crippen molar-refractivity contribution in [3.8, 4) is 0 Å². The second-order valence-electron chi connectivity index (χ2n) is 4.34. The average Bonchev–Trinajstić information content (AvgIpc) is 2.26. The number of carbonyl (C=O) groups excluding carboxylic acids is 1. The molecule has 1 aliphatic rings. The van der Waals surface area contributed by atoms with Gasteiger partial charge in [-0.2, -0.15) is 0 Å². The molecule has 0 spiro atoms. The number of aryl methyl sites for hydroxylation is 1. The number of fused-ring (bicyclic) bond motifs is 1. The maximum Gasteiger partial charge on any atom is 0.238 e. The smallest absolute Gasteiger partial charge is 0.238 e. The molecule has 0 atom stereocenters. The molecule has 1 aromatic carbocycles. The quantitative estimate of drug-likeness (QED) is 0.711. The first kappa shape index (κ1) is 12.8. The summed E-state index contributed by atoms with van der Waals surface area (Å²) in [4.78, 5) is 13.1. The fraction of sp³-hybridized carbons (Fsp3) is 0.364. The third-order valence-electron chi connectivity index (χ3n) is 3.00. The van der Waals surface area contributed by atoms with E-state index >= 15 is 0 Å². The molecule has 0 saturated heterocycles. The van der Waals surface area contributed by atoms with Crippen molar-refractivity contribution in [1.82, 2.24) is 0 Å². The van der Waals surface area contributed by atoms with Crippen molar-refractivity contribution in [2.45, 2.75) is 24.7 Å². The van der Waals surface area contributed by atoms with Gasteiger partial charge in [0.2, 0.25) is 15.9 Å². The summed E-state index contributed by atoms with van der Waals surface area (Å²) in [6, 6.07) is 2.80. The van der Waals surface area contributed by atoms with Crippen LogP contribution >= 0.6 is 0 Å². The molecular weight excluding hydrogens is 254 g/mol. The number of rotatable bonds is 1. The van der Waals surface area contributed by atoms with Gasteiger partial charge in [0.05, 0.1) is 16.3 Å². The number of sulfonamides is 1. The average molecular weight is 269 g/mol. The first-order valence-electron chi connectivity index (χ1n) is 5.54. The summed E-state index contributed by atoms with van der Waals surface area (Å²) in [7, 11) is -3.78. The van der Waals surface area contributed by atoms with E-state index in [-0.39, 0.29) is 16.5 Å². The van der Waals surface area contributed by atoms with Gasteiger partial charge in [0, 0.05) is 13.5 Å². The molecule has 0 aromatic heterocycles. The van der Waals surface area contributed by atoms with Crippen LogP contribution in [0.1, 0.15) is 18.9 Å². The molecule has 0 aliphatic carbocycles. The number of nitrogen functional groups attached to an aromatic ring is 1. The Balaban J connectivity index is 2.63. The molecule has 1 aliphatic heterocycles. The SMILES string of the molecule is CC(=O)N1CCCc2cc(S(N)(=O)=O)cc(N)c21. The third-order valence-corrected chi connectivity index (χ3v) is 3.89. The Morgan fingerprint density at radius 1 is 1.39 bits per heavy atom. The molecule has 2 rings (SSSR count). The lowest BCUT2D eigenvalue weighted by molar-refractivity contribution is -0.116. The molecule has 6 nitrogen and oxygen atoms in total. The van der Waals surface area contributed by atoms with Gasteiger partial charge in [-0.1, -0.05) is 0 Å². The molecule has 4 N–H and O–H groups in total. The molecule has 1 heterocycles. The number of benzene rings is 1. The van der Waals surface area contributed by atoms with E-state index in [0.29, 0.717) is 18.7 Å². The molecule has 18 heavy (non-hydrogen) atoms. The highest BCUT2D eigenvalue weighted by molar-refractivity contribution is 7.89. The lowest BCUT2D eigenvalue weighted by atomic mass is 10.0. The van der Waals surface area contributed by atoms with Gasteiger partial charge in [-0.3, -0.25) is 4.79 Å². The van der Waals surface area contributed by atoms with E-state index in [1.54, 1.807) is 4.90 Å². The molecule has 0 bridgehead atoms. The van der Waals surface area contributed by atoms with E-state index in [4.69, 9.17) is 10.9 Å². The van der Waals surface area contributed by atoms with Crippen LogP contribution in [0, 0.1) is 0 Å². The van der Waals surface area contributed by atoms with Gasteiger partial charge >= 0.3 is 0 Å². The highest BCUT2D eigenvalue weighted by atomic mass is 32.2. The zero-order chi connectivity index (χ0) is 13.5. The monoisotopic (exact) mass is 269 g/mol. The van der Waals surface area contributed by atoms with Gasteiger partial charge in [-0.25, -0.2) is 13.6 Å². The molecule has 0 fully saturated rings. The highest BCUT2D eigenvalue weighted by Crippen LogP contribution is 2.35. The van der Waals surface area contributed by atoms with Crippen molar-refractivity contribution in [2.75, 3.05) is 17.2 Å². The molecule has 0 unspecified atom stereocenters. The van der Waals surface area contributed by atoms with Crippen LogP contribution in [0.3, 0.4) is 0 Å². The summed E-state index contributed by atoms with van der Waals surface area (Å²) in [5.74, 6) is -0.106. The predicted octanol–water partition coefficient (Wildman–Crippen LogP) is 0.215. The fourth-order valence-corrected chi connectivity index (χ4v) is 2.82. The van der Waals surface area contributed by atoms with Crippen LogP contribution in [-0.2, 0) is 21.2 Å². The Labute approximate surface area is 106 Å². The van der Waals surface area contributed by atoms with E-state index in [1.165, 1.54) is 19.1 Å². The first-order valence-corrected chi connectivity index (χ1v) is 7.08. The van der Waals surface area contributed by atoms with Crippen LogP contribution < -0.4 is 15.8 Å². The number of hydrogen-bond acceptors (Lipinski definition) is 4. The largest absolute Gasteiger partial charge is 0.397 e. The van der Waals surface area contributed by atoms with E-state index in [1.807, 2.05) is 0 Å². The molecule has 1 aromatic rings. The van der Waals surface area contributed by atoms with Crippen LogP contribution in [0.2, 0.25) is 0 Å². The third kappa shape index (κ3) is 2.19. The number of amides is 1. The van der Waals surface area contributed by atoms with Gasteiger partial charge < -0.3 is 10.6 Å². The number of nitrogens with zero attached hydrogens (tertiary/aromatic N) is 1. The van der Waals surface area contributed by atoms with Gasteiger partial charge in [-0.15, -0.1) is 0 Å². The Hall–Kier alpha value is -1.60. The van der Waals surface area contributed by atoms with E-state index in [2.05, 4.69) is 0 Å². The Morgan fingerprint density at radius 3 is 2.61 bits per heavy atom. The number of anilines is 2. The summed E-state index contributed by atoms with van der Waals surface area (Å²) in [6.07, 6.45) is 1.47. The molecular formula is C11H15N3O3S. The first-order chi connectivity index (χ1) is 8.30. The lowest BCUT2D eigenvalue weighted by Crippen LogP contribution is -2.34. The standard InChI is InChI=1S/C11H15N3O3S/c1-7(15)14-4-2-3-8-5-9(18(13,16)17)6-10(12)11(8)14/h5-6H,2-4,12H2,1H3,(H2,13,16,17). The zero-order valence-electron chi connectivity index (χ0n) is 10.0. The normalized spacial score (nSPS) is 15.3. The summed E-state index contributed by atoms with van der Waals surface area (Å²) in [5.41, 5.74) is 7.49. The number of carbonyl (C=O) groups is 1. The van der Waals surface area contributed by atoms with Crippen LogP contribution in [0.4, 0.5) is 11.4 Å². The minimum atomic E-state index is -3.78. The van der Waals surface area contributed by atoms with Crippen molar-refractivity contribution in [2.24, 2.45) is 5.14 Å². The topological polar surface area (TPSA) is 106 Å². The van der Waals surface area contributed by atoms with E-state index in [9.17, 15) is 13.2 Å². The molecule has 7 heteroatoms. The van der Waals surface area contributed by atoms with Gasteiger partial charge in [0.15, 0.2) is 0 Å². The summed E-state index contributed by atoms with van der Waals surface area (Å²) in [6.45, 7) is 2.06. The van der Waals surface area contributed by atoms with Gasteiger partial charge in [0.1, 0.15) is 0 Å². The summed E-state index contributed by atoms with van der Waals surface area (Å²) >= 11 is 0. The molecule has 0 saturated carbocycles. The summed E-state index contributed by atoms with van der Waals surface area (Å²) < 4.78 is 22.7. The second kappa shape index (κ2) is 4.25. The maximum absolute atomic E-state index is 11.5. The van der Waals surface area contributed by atoms with Crippen molar-refractivity contribution >= 4 is 27.3 Å². The minimum absolute atomic E-state index is 0.0100. The van der Waals surface area contributed by atoms with Crippen LogP contribution in [-0.4, -0.2) is 20.9 Å². The number of hydrogen-bond donors (Lipinski definition) is 2. The zero-order valence-corrected chi connectivity index (χ0v) is 10.8. The van der Waals surface area contributed by atoms with Crippen LogP contribution in [0.15, 0.2) is 17.0 Å². The molecule has 0 radical (unpaired) electrons. The maximum atomic E-state index is 11.5. The lowest BCUT2D eigenvalue weighted by Gasteiger charge is -2.30. The highest BCUT2D eigenvalue weighted by Gasteiger charge is 2.24. The number of primary sulfonamides is 1. The van der Waals surface area contributed by atoms with Crippen molar-refractivity contribution < 1.29 is 13.2 Å². The Kier molecular flexibility index (Phi) is 3.04. The van der Waals surface area contributed by atoms with Gasteiger partial charge in [0.25, 0.3) is 0 Å².